The minimum Gasteiger partial charge on any atom is -0.457 e. The molecule has 3 aliphatic rings. The van der Waals surface area contributed by atoms with Gasteiger partial charge in [-0.05, 0) is 52.4 Å². The summed E-state index contributed by atoms with van der Waals surface area (Å²) in [5.74, 6) is 0.302. The normalized spacial score (nSPS) is 33.8. The van der Waals surface area contributed by atoms with Crippen molar-refractivity contribution in [1.82, 2.24) is 4.90 Å². The fraction of sp³-hybridized carbons (Fsp3) is 0.789. The van der Waals surface area contributed by atoms with Gasteiger partial charge < -0.3 is 9.47 Å². The number of esters is 1. The van der Waals surface area contributed by atoms with Crippen molar-refractivity contribution in [1.29, 1.82) is 0 Å². The number of carbonyl (C=O) groups is 2. The van der Waals surface area contributed by atoms with Crippen LogP contribution in [0.1, 0.15) is 60.3 Å². The Morgan fingerprint density at radius 1 is 1.17 bits per heavy atom. The molecule has 3 rings (SSSR count). The number of hydrogen-bond donors (Lipinski definition) is 0. The summed E-state index contributed by atoms with van der Waals surface area (Å²) < 4.78 is 11.5. The van der Waals surface area contributed by atoms with Gasteiger partial charge in [0.1, 0.15) is 11.2 Å². The number of hydrogen-bond acceptors (Lipinski definition) is 4. The lowest BCUT2D eigenvalue weighted by Gasteiger charge is -2.38. The van der Waals surface area contributed by atoms with E-state index in [9.17, 15) is 9.59 Å². The fourth-order valence-corrected chi connectivity index (χ4v) is 4.54. The maximum atomic E-state index is 12.8. The molecule has 0 saturated heterocycles. The highest BCUT2D eigenvalue weighted by molar-refractivity contribution is 5.85. The van der Waals surface area contributed by atoms with Crippen LogP contribution in [0.5, 0.6) is 0 Å². The van der Waals surface area contributed by atoms with Crippen LogP contribution in [0.3, 0.4) is 0 Å². The molecule has 5 heteroatoms. The van der Waals surface area contributed by atoms with Crippen LogP contribution in [-0.2, 0) is 14.3 Å². The molecular weight excluding hydrogens is 306 g/mol. The summed E-state index contributed by atoms with van der Waals surface area (Å²) in [7, 11) is 0. The number of carbonyl (C=O) groups excluding carboxylic acids is 2. The maximum absolute atomic E-state index is 12.8. The Morgan fingerprint density at radius 2 is 1.79 bits per heavy atom. The number of rotatable bonds is 2. The predicted molar refractivity (Wildman–Crippen MR) is 90.4 cm³/mol. The van der Waals surface area contributed by atoms with Gasteiger partial charge in [-0.15, -0.1) is 0 Å². The van der Waals surface area contributed by atoms with E-state index in [1.165, 1.54) is 4.90 Å². The van der Waals surface area contributed by atoms with Crippen LogP contribution in [0, 0.1) is 11.3 Å². The van der Waals surface area contributed by atoms with E-state index in [1.807, 2.05) is 26.8 Å². The van der Waals surface area contributed by atoms with Crippen molar-refractivity contribution in [3.8, 4) is 0 Å². The Hall–Kier alpha value is -1.52. The molecule has 5 nitrogen and oxygen atoms in total. The minimum absolute atomic E-state index is 0.0156. The Balaban J connectivity index is 1.71. The second kappa shape index (κ2) is 5.50. The molecule has 0 aromatic rings. The van der Waals surface area contributed by atoms with Gasteiger partial charge in [0.15, 0.2) is 6.04 Å². The third kappa shape index (κ3) is 2.72. The highest BCUT2D eigenvalue weighted by atomic mass is 16.6. The summed E-state index contributed by atoms with van der Waals surface area (Å²) >= 11 is 0. The topological polar surface area (TPSA) is 55.8 Å². The SMILES string of the molecule is CC(C)(C)OC(=O)N1CC=C[C@H]1C(=O)OC12CCC(CC1)C2(C)C. The lowest BCUT2D eigenvalue weighted by Crippen LogP contribution is -2.49. The van der Waals surface area contributed by atoms with Crippen LogP contribution in [0.15, 0.2) is 12.2 Å². The van der Waals surface area contributed by atoms with Gasteiger partial charge in [-0.25, -0.2) is 9.59 Å². The van der Waals surface area contributed by atoms with Crippen molar-refractivity contribution < 1.29 is 19.1 Å². The Labute approximate surface area is 144 Å². The van der Waals surface area contributed by atoms with Gasteiger partial charge in [0.2, 0.25) is 0 Å². The van der Waals surface area contributed by atoms with Gasteiger partial charge >= 0.3 is 12.1 Å². The molecule has 0 aromatic carbocycles. The molecule has 2 bridgehead atoms. The van der Waals surface area contributed by atoms with Gasteiger partial charge in [0, 0.05) is 12.0 Å². The van der Waals surface area contributed by atoms with E-state index >= 15 is 0 Å². The molecule has 0 spiro atoms. The highest BCUT2D eigenvalue weighted by Gasteiger charge is 2.62. The predicted octanol–water partition coefficient (Wildman–Crippen LogP) is 3.67. The van der Waals surface area contributed by atoms with Gasteiger partial charge in [0.25, 0.3) is 0 Å². The molecule has 1 amide bonds. The third-order valence-corrected chi connectivity index (χ3v) is 6.11. The van der Waals surface area contributed by atoms with Crippen molar-refractivity contribution in [2.75, 3.05) is 6.54 Å². The lowest BCUT2D eigenvalue weighted by atomic mass is 9.78. The van der Waals surface area contributed by atoms with Crippen molar-refractivity contribution in [2.45, 2.75) is 77.5 Å². The van der Waals surface area contributed by atoms with Crippen molar-refractivity contribution in [2.24, 2.45) is 11.3 Å². The first-order valence-electron chi connectivity index (χ1n) is 8.95. The zero-order chi connectivity index (χ0) is 17.8. The molecule has 0 unspecified atom stereocenters. The summed E-state index contributed by atoms with van der Waals surface area (Å²) in [6.45, 7) is 10.3. The summed E-state index contributed by atoms with van der Waals surface area (Å²) in [4.78, 5) is 26.6. The van der Waals surface area contributed by atoms with Crippen molar-refractivity contribution in [3.05, 3.63) is 12.2 Å². The molecule has 2 fully saturated rings. The summed E-state index contributed by atoms with van der Waals surface area (Å²) in [6.07, 6.45) is 7.20. The second-order valence-corrected chi connectivity index (χ2v) is 8.92. The molecule has 0 aromatic heterocycles. The highest BCUT2D eigenvalue weighted by Crippen LogP contribution is 2.62. The Kier molecular flexibility index (Phi) is 3.97. The van der Waals surface area contributed by atoms with E-state index in [0.29, 0.717) is 12.5 Å². The van der Waals surface area contributed by atoms with E-state index in [2.05, 4.69) is 13.8 Å². The van der Waals surface area contributed by atoms with Crippen molar-refractivity contribution in [3.63, 3.8) is 0 Å². The summed E-state index contributed by atoms with van der Waals surface area (Å²) in [6, 6.07) is -0.676. The van der Waals surface area contributed by atoms with Gasteiger partial charge in [-0.3, -0.25) is 4.90 Å². The first-order chi connectivity index (χ1) is 11.1. The smallest absolute Gasteiger partial charge is 0.411 e. The van der Waals surface area contributed by atoms with Gasteiger partial charge in [-0.1, -0.05) is 26.0 Å². The number of amides is 1. The molecule has 1 heterocycles. The van der Waals surface area contributed by atoms with Gasteiger partial charge in [-0.2, -0.15) is 0 Å². The molecule has 134 valence electrons. The maximum Gasteiger partial charge on any atom is 0.411 e. The van der Waals surface area contributed by atoms with Crippen LogP contribution in [0.4, 0.5) is 4.79 Å². The van der Waals surface area contributed by atoms with Crippen LogP contribution in [0.2, 0.25) is 0 Å². The zero-order valence-electron chi connectivity index (χ0n) is 15.4. The Morgan fingerprint density at radius 3 is 2.29 bits per heavy atom. The fourth-order valence-electron chi connectivity index (χ4n) is 4.54. The van der Waals surface area contributed by atoms with E-state index < -0.39 is 17.7 Å². The molecule has 24 heavy (non-hydrogen) atoms. The number of ether oxygens (including phenoxy) is 2. The van der Waals surface area contributed by atoms with Crippen LogP contribution < -0.4 is 0 Å². The lowest BCUT2D eigenvalue weighted by molar-refractivity contribution is -0.172. The summed E-state index contributed by atoms with van der Waals surface area (Å²) in [5, 5.41) is 0. The quantitative estimate of drug-likeness (QED) is 0.571. The second-order valence-electron chi connectivity index (χ2n) is 8.92. The van der Waals surface area contributed by atoms with E-state index in [4.69, 9.17) is 9.47 Å². The third-order valence-electron chi connectivity index (χ3n) is 6.11. The van der Waals surface area contributed by atoms with Gasteiger partial charge in [0.05, 0.1) is 0 Å². The van der Waals surface area contributed by atoms with Crippen LogP contribution >= 0.6 is 0 Å². The molecule has 1 atom stereocenters. The monoisotopic (exact) mass is 335 g/mol. The van der Waals surface area contributed by atoms with E-state index in [-0.39, 0.29) is 17.0 Å². The Bertz CT molecular complexity index is 564. The molecule has 2 aliphatic carbocycles. The largest absolute Gasteiger partial charge is 0.457 e. The van der Waals surface area contributed by atoms with Crippen LogP contribution in [0.25, 0.3) is 0 Å². The zero-order valence-corrected chi connectivity index (χ0v) is 15.4. The standard InChI is InChI=1S/C19H29NO4/c1-17(2,3)24-16(22)20-12-6-7-14(20)15(21)23-19-10-8-13(9-11-19)18(19,4)5/h6-7,13-14H,8-12H2,1-5H3/t13?,14-,19?/m0/s1. The minimum atomic E-state index is -0.676. The van der Waals surface area contributed by atoms with E-state index in [0.717, 1.165) is 25.7 Å². The molecule has 2 saturated carbocycles. The van der Waals surface area contributed by atoms with Crippen LogP contribution in [-0.4, -0.2) is 40.8 Å². The molecule has 1 aliphatic heterocycles. The molecule has 0 N–H and O–H groups in total. The molecule has 0 radical (unpaired) electrons. The first kappa shape index (κ1) is 17.3. The van der Waals surface area contributed by atoms with E-state index in [1.54, 1.807) is 6.08 Å². The summed E-state index contributed by atoms with van der Waals surface area (Å²) in [5.41, 5.74) is -0.939. The number of fused-ring (bicyclic) bond motifs is 2. The average molecular weight is 335 g/mol. The first-order valence-corrected chi connectivity index (χ1v) is 8.95. The molecular formula is C19H29NO4. The van der Waals surface area contributed by atoms with Crippen molar-refractivity contribution >= 4 is 12.1 Å². The number of nitrogens with zero attached hydrogens (tertiary/aromatic N) is 1. The average Bonchev–Trinajstić information content (AvgIpc) is 3.09.